The Kier molecular flexibility index (Phi) is 4.83. The standard InChI is InChI=1S/C15H15N5O/c1-2-3-15(21)18-14-9-8-13(19-20-14)17-12-6-4-11(10-16)5-7-12/h4-9H,2-3H2,1H3,(H,17,19)(H,18,20,21). The molecule has 0 saturated heterocycles. The first-order chi connectivity index (χ1) is 10.2. The van der Waals surface area contributed by atoms with Crippen molar-refractivity contribution in [2.45, 2.75) is 19.8 Å². The van der Waals surface area contributed by atoms with E-state index < -0.39 is 0 Å². The number of aromatic nitrogens is 2. The van der Waals surface area contributed by atoms with Crippen molar-refractivity contribution in [1.29, 1.82) is 5.26 Å². The highest BCUT2D eigenvalue weighted by molar-refractivity contribution is 5.89. The Morgan fingerprint density at radius 3 is 2.38 bits per heavy atom. The molecule has 2 N–H and O–H groups in total. The predicted octanol–water partition coefficient (Wildman–Crippen LogP) is 2.83. The van der Waals surface area contributed by atoms with Crippen LogP contribution in [0.2, 0.25) is 0 Å². The molecule has 2 aromatic rings. The minimum Gasteiger partial charge on any atom is -0.339 e. The highest BCUT2D eigenvalue weighted by atomic mass is 16.1. The van der Waals surface area contributed by atoms with E-state index in [9.17, 15) is 4.79 Å². The number of carbonyl (C=O) groups excluding carboxylic acids is 1. The van der Waals surface area contributed by atoms with Gasteiger partial charge in [0.25, 0.3) is 0 Å². The maximum Gasteiger partial charge on any atom is 0.225 e. The van der Waals surface area contributed by atoms with E-state index in [1.54, 1.807) is 36.4 Å². The molecule has 0 aliphatic rings. The topological polar surface area (TPSA) is 90.7 Å². The van der Waals surface area contributed by atoms with Gasteiger partial charge in [-0.15, -0.1) is 10.2 Å². The lowest BCUT2D eigenvalue weighted by atomic mass is 10.2. The van der Waals surface area contributed by atoms with E-state index in [2.05, 4.69) is 26.9 Å². The molecule has 1 amide bonds. The Morgan fingerprint density at radius 1 is 1.14 bits per heavy atom. The maximum absolute atomic E-state index is 11.4. The Bertz CT molecular complexity index is 643. The van der Waals surface area contributed by atoms with Gasteiger partial charge in [-0.25, -0.2) is 0 Å². The quantitative estimate of drug-likeness (QED) is 0.879. The molecule has 0 fully saturated rings. The fraction of sp³-hybridized carbons (Fsp3) is 0.200. The minimum absolute atomic E-state index is 0.0698. The van der Waals surface area contributed by atoms with Crippen LogP contribution in [0.3, 0.4) is 0 Å². The van der Waals surface area contributed by atoms with Crippen LogP contribution >= 0.6 is 0 Å². The van der Waals surface area contributed by atoms with Gasteiger partial charge in [0, 0.05) is 12.1 Å². The summed E-state index contributed by atoms with van der Waals surface area (Å²) in [4.78, 5) is 11.4. The van der Waals surface area contributed by atoms with Crippen molar-refractivity contribution in [3.63, 3.8) is 0 Å². The average molecular weight is 281 g/mol. The van der Waals surface area contributed by atoms with Crippen molar-refractivity contribution in [2.75, 3.05) is 10.6 Å². The molecular formula is C15H15N5O. The molecule has 0 saturated carbocycles. The number of nitrogens with one attached hydrogen (secondary N) is 2. The second kappa shape index (κ2) is 7.01. The van der Waals surface area contributed by atoms with Crippen molar-refractivity contribution in [1.82, 2.24) is 10.2 Å². The molecule has 0 radical (unpaired) electrons. The van der Waals surface area contributed by atoms with Crippen molar-refractivity contribution >= 4 is 23.2 Å². The Morgan fingerprint density at radius 2 is 1.81 bits per heavy atom. The van der Waals surface area contributed by atoms with E-state index >= 15 is 0 Å². The number of carbonyl (C=O) groups is 1. The van der Waals surface area contributed by atoms with Crippen LogP contribution in [0.1, 0.15) is 25.3 Å². The molecule has 0 bridgehead atoms. The Hall–Kier alpha value is -2.94. The van der Waals surface area contributed by atoms with Gasteiger partial charge in [-0.3, -0.25) is 4.79 Å². The highest BCUT2D eigenvalue weighted by Crippen LogP contribution is 2.15. The Balaban J connectivity index is 1.98. The summed E-state index contributed by atoms with van der Waals surface area (Å²) >= 11 is 0. The summed E-state index contributed by atoms with van der Waals surface area (Å²) in [6.07, 6.45) is 1.25. The van der Waals surface area contributed by atoms with E-state index in [4.69, 9.17) is 5.26 Å². The van der Waals surface area contributed by atoms with Gasteiger partial charge in [-0.1, -0.05) is 6.92 Å². The predicted molar refractivity (Wildman–Crippen MR) is 80.0 cm³/mol. The van der Waals surface area contributed by atoms with Gasteiger partial charge >= 0.3 is 0 Å². The molecule has 6 heteroatoms. The number of amides is 1. The summed E-state index contributed by atoms with van der Waals surface area (Å²) in [6.45, 7) is 1.94. The van der Waals surface area contributed by atoms with Crippen LogP contribution in [0.25, 0.3) is 0 Å². The van der Waals surface area contributed by atoms with Crippen LogP contribution in [0.4, 0.5) is 17.3 Å². The maximum atomic E-state index is 11.4. The fourth-order valence-corrected chi connectivity index (χ4v) is 1.67. The SMILES string of the molecule is CCCC(=O)Nc1ccc(Nc2ccc(C#N)cc2)nn1. The lowest BCUT2D eigenvalue weighted by molar-refractivity contribution is -0.116. The molecule has 0 unspecified atom stereocenters. The highest BCUT2D eigenvalue weighted by Gasteiger charge is 2.03. The molecule has 1 heterocycles. The molecule has 0 aliphatic heterocycles. The summed E-state index contributed by atoms with van der Waals surface area (Å²) < 4.78 is 0. The molecule has 2 rings (SSSR count). The van der Waals surface area contributed by atoms with E-state index in [1.807, 2.05) is 6.92 Å². The van der Waals surface area contributed by atoms with Crippen molar-refractivity contribution in [2.24, 2.45) is 0 Å². The molecule has 1 aromatic heterocycles. The first-order valence-electron chi connectivity index (χ1n) is 6.62. The molecule has 106 valence electrons. The van der Waals surface area contributed by atoms with Crippen LogP contribution in [-0.2, 0) is 4.79 Å². The third-order valence-corrected chi connectivity index (χ3v) is 2.70. The van der Waals surface area contributed by atoms with Crippen LogP contribution in [-0.4, -0.2) is 16.1 Å². The number of anilines is 3. The Labute approximate surface area is 122 Å². The van der Waals surface area contributed by atoms with Crippen molar-refractivity contribution < 1.29 is 4.79 Å². The molecule has 0 aliphatic carbocycles. The third-order valence-electron chi connectivity index (χ3n) is 2.70. The summed E-state index contributed by atoms with van der Waals surface area (Å²) in [5, 5.41) is 22.4. The van der Waals surface area contributed by atoms with Crippen LogP contribution in [0.5, 0.6) is 0 Å². The van der Waals surface area contributed by atoms with E-state index in [1.165, 1.54) is 0 Å². The second-order valence-electron chi connectivity index (χ2n) is 4.42. The van der Waals surface area contributed by atoms with Gasteiger partial charge in [0.2, 0.25) is 5.91 Å². The molecule has 0 atom stereocenters. The van der Waals surface area contributed by atoms with E-state index in [0.29, 0.717) is 23.6 Å². The first kappa shape index (κ1) is 14.5. The summed E-state index contributed by atoms with van der Waals surface area (Å²) in [7, 11) is 0. The number of hydrogen-bond donors (Lipinski definition) is 2. The smallest absolute Gasteiger partial charge is 0.225 e. The van der Waals surface area contributed by atoms with Gasteiger partial charge < -0.3 is 10.6 Å². The van der Waals surface area contributed by atoms with Gasteiger partial charge in [0.05, 0.1) is 11.6 Å². The van der Waals surface area contributed by atoms with Gasteiger partial charge in [0.15, 0.2) is 11.6 Å². The number of nitrogens with zero attached hydrogens (tertiary/aromatic N) is 3. The van der Waals surface area contributed by atoms with Crippen LogP contribution in [0.15, 0.2) is 36.4 Å². The average Bonchev–Trinajstić information content (AvgIpc) is 2.50. The third kappa shape index (κ3) is 4.28. The first-order valence-corrected chi connectivity index (χ1v) is 6.62. The zero-order valence-corrected chi connectivity index (χ0v) is 11.6. The van der Waals surface area contributed by atoms with Crippen LogP contribution in [0, 0.1) is 11.3 Å². The summed E-state index contributed by atoms with van der Waals surface area (Å²) in [5.74, 6) is 0.923. The zero-order chi connectivity index (χ0) is 15.1. The monoisotopic (exact) mass is 281 g/mol. The van der Waals surface area contributed by atoms with E-state index in [-0.39, 0.29) is 5.91 Å². The minimum atomic E-state index is -0.0698. The van der Waals surface area contributed by atoms with Gasteiger partial charge in [-0.2, -0.15) is 5.26 Å². The molecule has 6 nitrogen and oxygen atoms in total. The molecule has 21 heavy (non-hydrogen) atoms. The summed E-state index contributed by atoms with van der Waals surface area (Å²) in [5.41, 5.74) is 1.41. The number of nitriles is 1. The van der Waals surface area contributed by atoms with E-state index in [0.717, 1.165) is 12.1 Å². The number of hydrogen-bond acceptors (Lipinski definition) is 5. The largest absolute Gasteiger partial charge is 0.339 e. The van der Waals surface area contributed by atoms with Crippen molar-refractivity contribution in [3.05, 3.63) is 42.0 Å². The lowest BCUT2D eigenvalue weighted by Crippen LogP contribution is -2.12. The van der Waals surface area contributed by atoms with Crippen LogP contribution < -0.4 is 10.6 Å². The second-order valence-corrected chi connectivity index (χ2v) is 4.42. The molecular weight excluding hydrogens is 266 g/mol. The van der Waals surface area contributed by atoms with Gasteiger partial charge in [-0.05, 0) is 42.8 Å². The summed E-state index contributed by atoms with van der Waals surface area (Å²) in [6, 6.07) is 12.5. The normalized spacial score (nSPS) is 9.71. The molecule has 0 spiro atoms. The van der Waals surface area contributed by atoms with Crippen molar-refractivity contribution in [3.8, 4) is 6.07 Å². The zero-order valence-electron chi connectivity index (χ0n) is 11.6. The van der Waals surface area contributed by atoms with Gasteiger partial charge in [0.1, 0.15) is 0 Å². The lowest BCUT2D eigenvalue weighted by Gasteiger charge is -2.06. The number of rotatable bonds is 5. The number of benzene rings is 1. The fourth-order valence-electron chi connectivity index (χ4n) is 1.67. The molecule has 1 aromatic carbocycles.